The molecule has 3 aromatic rings. The van der Waals surface area contributed by atoms with Crippen LogP contribution in [0.15, 0.2) is 46.0 Å². The van der Waals surface area contributed by atoms with Crippen LogP contribution in [0, 0.1) is 18.6 Å². The molecule has 2 amide bonds. The molecule has 0 unspecified atom stereocenters. The van der Waals surface area contributed by atoms with E-state index in [2.05, 4.69) is 36.8 Å². The number of amides is 2. The summed E-state index contributed by atoms with van der Waals surface area (Å²) in [5, 5.41) is 14.1. The Morgan fingerprint density at radius 1 is 1.18 bits per heavy atom. The first kappa shape index (κ1) is 24.8. The topological polar surface area (TPSA) is 88.9 Å². The number of aromatic nitrogens is 3. The maximum Gasteiger partial charge on any atom is 0.251 e. The quantitative estimate of drug-likeness (QED) is 0.400. The van der Waals surface area contributed by atoms with Crippen LogP contribution in [0.3, 0.4) is 0 Å². The molecule has 7 nitrogen and oxygen atoms in total. The molecule has 1 atom stereocenters. The molecule has 174 valence electrons. The third-order valence-corrected chi connectivity index (χ3v) is 6.31. The Hall–Kier alpha value is -2.79. The molecule has 0 radical (unpaired) electrons. The molecule has 0 aliphatic rings. The van der Waals surface area contributed by atoms with Crippen molar-refractivity contribution in [1.29, 1.82) is 0 Å². The van der Waals surface area contributed by atoms with Crippen molar-refractivity contribution in [2.24, 2.45) is 0 Å². The first-order valence-electron chi connectivity index (χ1n) is 10.1. The molecule has 3 rings (SSSR count). The average Bonchev–Trinajstić information content (AvgIpc) is 3.18. The molecule has 0 saturated heterocycles. The van der Waals surface area contributed by atoms with Gasteiger partial charge in [0.15, 0.2) is 16.8 Å². The van der Waals surface area contributed by atoms with Crippen molar-refractivity contribution < 1.29 is 18.4 Å². The Bertz CT molecular complexity index is 1150. The van der Waals surface area contributed by atoms with E-state index < -0.39 is 23.6 Å². The van der Waals surface area contributed by atoms with Gasteiger partial charge < -0.3 is 15.2 Å². The van der Waals surface area contributed by atoms with Gasteiger partial charge >= 0.3 is 0 Å². The van der Waals surface area contributed by atoms with Crippen molar-refractivity contribution in [3.05, 3.63) is 69.5 Å². The molecule has 0 bridgehead atoms. The second-order valence-corrected chi connectivity index (χ2v) is 9.02. The van der Waals surface area contributed by atoms with Crippen LogP contribution >= 0.6 is 27.7 Å². The number of hydrogen-bond donors (Lipinski definition) is 2. The number of aryl methyl sites for hydroxylation is 1. The van der Waals surface area contributed by atoms with Crippen molar-refractivity contribution >= 4 is 45.2 Å². The van der Waals surface area contributed by atoms with Crippen LogP contribution in [0.2, 0.25) is 0 Å². The van der Waals surface area contributed by atoms with E-state index >= 15 is 0 Å². The Kier molecular flexibility index (Phi) is 8.20. The van der Waals surface area contributed by atoms with Gasteiger partial charge in [-0.2, -0.15) is 0 Å². The highest BCUT2D eigenvalue weighted by Gasteiger charge is 2.21. The predicted molar refractivity (Wildman–Crippen MR) is 126 cm³/mol. The zero-order chi connectivity index (χ0) is 24.1. The summed E-state index contributed by atoms with van der Waals surface area (Å²) in [5.41, 5.74) is 1.47. The fraction of sp³-hybridized carbons (Fsp3) is 0.273. The molecule has 2 N–H and O–H groups in total. The van der Waals surface area contributed by atoms with Crippen LogP contribution in [0.5, 0.6) is 0 Å². The molecule has 0 aliphatic heterocycles. The molecular weight excluding hydrogens is 516 g/mol. The standard InChI is InChI=1S/C22H22BrF2N5O2S/c1-4-30-20(13(3)26-21(32)14-7-5-12(2)6-8-14)28-29-22(30)33-11-18(31)27-19-16(23)9-15(24)10-17(19)25/h5-10,13H,4,11H2,1-3H3,(H,26,32)(H,27,31)/t13-/m1/s1. The molecule has 0 aliphatic carbocycles. The number of benzene rings is 2. The van der Waals surface area contributed by atoms with Gasteiger partial charge in [-0.15, -0.1) is 10.2 Å². The number of nitrogens with zero attached hydrogens (tertiary/aromatic N) is 3. The van der Waals surface area contributed by atoms with Gasteiger partial charge in [0.25, 0.3) is 5.91 Å². The van der Waals surface area contributed by atoms with Gasteiger partial charge in [0.2, 0.25) is 5.91 Å². The van der Waals surface area contributed by atoms with Gasteiger partial charge in [-0.25, -0.2) is 8.78 Å². The van der Waals surface area contributed by atoms with Crippen LogP contribution in [0.25, 0.3) is 0 Å². The summed E-state index contributed by atoms with van der Waals surface area (Å²) in [5.74, 6) is -1.86. The summed E-state index contributed by atoms with van der Waals surface area (Å²) in [7, 11) is 0. The van der Waals surface area contributed by atoms with Crippen molar-refractivity contribution in [3.8, 4) is 0 Å². The van der Waals surface area contributed by atoms with Gasteiger partial charge in [-0.1, -0.05) is 29.5 Å². The van der Waals surface area contributed by atoms with Gasteiger partial charge in [0.1, 0.15) is 5.82 Å². The van der Waals surface area contributed by atoms with E-state index in [9.17, 15) is 18.4 Å². The van der Waals surface area contributed by atoms with Crippen LogP contribution in [0.4, 0.5) is 14.5 Å². The minimum Gasteiger partial charge on any atom is -0.342 e. The lowest BCUT2D eigenvalue weighted by atomic mass is 10.1. The van der Waals surface area contributed by atoms with E-state index in [1.54, 1.807) is 23.6 Å². The fourth-order valence-electron chi connectivity index (χ4n) is 3.04. The van der Waals surface area contributed by atoms with Crippen molar-refractivity contribution in [2.45, 2.75) is 38.5 Å². The van der Waals surface area contributed by atoms with E-state index in [0.717, 1.165) is 23.4 Å². The molecule has 0 saturated carbocycles. The van der Waals surface area contributed by atoms with Gasteiger partial charge in [0.05, 0.1) is 17.5 Å². The lowest BCUT2D eigenvalue weighted by molar-refractivity contribution is -0.113. The van der Waals surface area contributed by atoms with E-state index in [1.807, 2.05) is 26.0 Å². The number of nitrogens with one attached hydrogen (secondary N) is 2. The predicted octanol–water partition coefficient (Wildman–Crippen LogP) is 4.87. The zero-order valence-corrected chi connectivity index (χ0v) is 20.6. The average molecular weight is 538 g/mol. The number of halogens is 3. The first-order valence-corrected chi connectivity index (χ1v) is 11.8. The van der Waals surface area contributed by atoms with Crippen LogP contribution in [-0.4, -0.2) is 32.3 Å². The Labute approximate surface area is 202 Å². The van der Waals surface area contributed by atoms with Crippen molar-refractivity contribution in [1.82, 2.24) is 20.1 Å². The van der Waals surface area contributed by atoms with E-state index in [0.29, 0.717) is 29.2 Å². The Morgan fingerprint density at radius 3 is 2.52 bits per heavy atom. The zero-order valence-electron chi connectivity index (χ0n) is 18.2. The van der Waals surface area contributed by atoms with E-state index in [1.165, 1.54) is 0 Å². The summed E-state index contributed by atoms with van der Waals surface area (Å²) in [6.07, 6.45) is 0. The fourth-order valence-corrected chi connectivity index (χ4v) is 4.36. The maximum atomic E-state index is 13.9. The summed E-state index contributed by atoms with van der Waals surface area (Å²) in [6, 6.07) is 8.58. The van der Waals surface area contributed by atoms with Gasteiger partial charge in [0, 0.05) is 22.6 Å². The van der Waals surface area contributed by atoms with Gasteiger partial charge in [-0.3, -0.25) is 9.59 Å². The second kappa shape index (κ2) is 10.9. The SMILES string of the molecule is CCn1c(SCC(=O)Nc2c(F)cc(F)cc2Br)nnc1[C@@H](C)NC(=O)c1ccc(C)cc1. The third kappa shape index (κ3) is 6.17. The normalized spacial score (nSPS) is 11.8. The molecular formula is C22H22BrF2N5O2S. The lowest BCUT2D eigenvalue weighted by Crippen LogP contribution is -2.28. The third-order valence-electron chi connectivity index (χ3n) is 4.71. The minimum absolute atomic E-state index is 0.0640. The Morgan fingerprint density at radius 2 is 1.88 bits per heavy atom. The van der Waals surface area contributed by atoms with Crippen LogP contribution in [-0.2, 0) is 11.3 Å². The molecule has 33 heavy (non-hydrogen) atoms. The van der Waals surface area contributed by atoms with E-state index in [4.69, 9.17) is 0 Å². The number of thioether (sulfide) groups is 1. The number of carbonyl (C=O) groups is 2. The van der Waals surface area contributed by atoms with Crippen LogP contribution in [0.1, 0.15) is 41.6 Å². The maximum absolute atomic E-state index is 13.9. The molecule has 11 heteroatoms. The summed E-state index contributed by atoms with van der Waals surface area (Å²) >= 11 is 4.16. The highest BCUT2D eigenvalue weighted by atomic mass is 79.9. The number of hydrogen-bond acceptors (Lipinski definition) is 5. The van der Waals surface area contributed by atoms with Crippen LogP contribution < -0.4 is 10.6 Å². The minimum atomic E-state index is -0.877. The summed E-state index contributed by atoms with van der Waals surface area (Å²) in [6.45, 7) is 6.17. The highest BCUT2D eigenvalue weighted by Crippen LogP contribution is 2.27. The molecule has 1 heterocycles. The van der Waals surface area contributed by atoms with Crippen molar-refractivity contribution in [3.63, 3.8) is 0 Å². The number of carbonyl (C=O) groups excluding carboxylic acids is 2. The van der Waals surface area contributed by atoms with E-state index in [-0.39, 0.29) is 21.8 Å². The number of anilines is 1. The second-order valence-electron chi connectivity index (χ2n) is 7.23. The molecule has 1 aromatic heterocycles. The summed E-state index contributed by atoms with van der Waals surface area (Å²) in [4.78, 5) is 24.8. The van der Waals surface area contributed by atoms with Gasteiger partial charge in [-0.05, 0) is 54.9 Å². The highest BCUT2D eigenvalue weighted by molar-refractivity contribution is 9.10. The largest absolute Gasteiger partial charge is 0.342 e. The monoisotopic (exact) mass is 537 g/mol. The molecule has 2 aromatic carbocycles. The lowest BCUT2D eigenvalue weighted by Gasteiger charge is -2.15. The smallest absolute Gasteiger partial charge is 0.251 e. The van der Waals surface area contributed by atoms with Crippen molar-refractivity contribution in [2.75, 3.05) is 11.1 Å². The first-order chi connectivity index (χ1) is 15.7. The summed E-state index contributed by atoms with van der Waals surface area (Å²) < 4.78 is 29.1. The number of rotatable bonds is 8. The molecule has 0 spiro atoms. The Balaban J connectivity index is 1.64. The molecule has 0 fully saturated rings.